The molecule has 18 heteroatoms. The van der Waals surface area contributed by atoms with Crippen LogP contribution in [0.15, 0.2) is 73.2 Å². The number of nitrogens with one attached hydrogen (secondary N) is 4. The first kappa shape index (κ1) is 38.1. The van der Waals surface area contributed by atoms with Crippen molar-refractivity contribution in [3.8, 4) is 23.1 Å². The summed E-state index contributed by atoms with van der Waals surface area (Å²) in [5, 5.41) is 23.2. The van der Waals surface area contributed by atoms with Crippen molar-refractivity contribution in [1.82, 2.24) is 39.7 Å². The molecule has 56 heavy (non-hydrogen) atoms. The van der Waals surface area contributed by atoms with Crippen molar-refractivity contribution in [2.24, 2.45) is 0 Å². The second-order valence-electron chi connectivity index (χ2n) is 13.5. The maximum atomic E-state index is 12.8. The first-order valence-electron chi connectivity index (χ1n) is 18.1. The van der Waals surface area contributed by atoms with Crippen molar-refractivity contribution in [2.45, 2.75) is 37.6 Å². The van der Waals surface area contributed by atoms with Crippen LogP contribution < -0.4 is 20.7 Å². The third kappa shape index (κ3) is 8.24. The second-order valence-corrected chi connectivity index (χ2v) is 15.8. The molecule has 5 aromatic rings. The summed E-state index contributed by atoms with van der Waals surface area (Å²) in [4.78, 5) is 48.7. The Balaban J connectivity index is 0.884. The zero-order chi connectivity index (χ0) is 39.3. The van der Waals surface area contributed by atoms with Crippen molar-refractivity contribution in [2.75, 3.05) is 50.5 Å². The lowest BCUT2D eigenvalue weighted by Gasteiger charge is -2.47. The average molecular weight is 781 g/mol. The number of anilines is 2. The van der Waals surface area contributed by atoms with E-state index in [9.17, 15) is 28.1 Å². The number of rotatable bonds is 16. The lowest BCUT2D eigenvalue weighted by Crippen LogP contribution is -2.64. The fourth-order valence-electron chi connectivity index (χ4n) is 6.70. The number of aromatic nitrogens is 5. The van der Waals surface area contributed by atoms with Gasteiger partial charge in [0.15, 0.2) is 0 Å². The Morgan fingerprint density at radius 2 is 1.84 bits per heavy atom. The number of H-pyrrole nitrogens is 1. The third-order valence-electron chi connectivity index (χ3n) is 9.82. The SMILES string of the molecule is CCS(=O)(=O)N1CC(CC#N)(n2cc(-c3nc(Nc4ccc(C(=O)NCCOCCOc5ccc([C@H]6CCC(=O)NC6=O)cc5)cc4)nc4[nH]ccc34)cn2)C1. The van der Waals surface area contributed by atoms with Crippen molar-refractivity contribution in [3.63, 3.8) is 0 Å². The van der Waals surface area contributed by atoms with E-state index in [1.54, 1.807) is 66.6 Å². The summed E-state index contributed by atoms with van der Waals surface area (Å²) in [7, 11) is -3.38. The molecule has 2 fully saturated rings. The number of benzene rings is 2. The summed E-state index contributed by atoms with van der Waals surface area (Å²) in [5.41, 5.74) is 3.04. The Labute approximate surface area is 322 Å². The number of hydrogen-bond acceptors (Lipinski definition) is 12. The molecule has 5 heterocycles. The number of nitriles is 1. The topological polar surface area (TPSA) is 226 Å². The molecule has 17 nitrogen and oxygen atoms in total. The van der Waals surface area contributed by atoms with E-state index in [1.165, 1.54) is 4.31 Å². The zero-order valence-corrected chi connectivity index (χ0v) is 31.3. The summed E-state index contributed by atoms with van der Waals surface area (Å²) >= 11 is 0. The van der Waals surface area contributed by atoms with Gasteiger partial charge in [0, 0.05) is 60.6 Å². The van der Waals surface area contributed by atoms with E-state index in [1.807, 2.05) is 18.2 Å². The van der Waals surface area contributed by atoms with Gasteiger partial charge in [-0.25, -0.2) is 13.4 Å². The van der Waals surface area contributed by atoms with Crippen molar-refractivity contribution < 1.29 is 32.3 Å². The van der Waals surface area contributed by atoms with Gasteiger partial charge in [0.25, 0.3) is 5.91 Å². The number of ether oxygens (including phenoxy) is 2. The Kier molecular flexibility index (Phi) is 11.1. The molecule has 0 spiro atoms. The average Bonchev–Trinajstić information content (AvgIpc) is 3.87. The van der Waals surface area contributed by atoms with E-state index in [-0.39, 0.29) is 48.9 Å². The van der Waals surface area contributed by atoms with Crippen LogP contribution in [0.5, 0.6) is 5.75 Å². The van der Waals surface area contributed by atoms with E-state index in [4.69, 9.17) is 14.5 Å². The molecule has 4 N–H and O–H groups in total. The molecule has 2 saturated heterocycles. The van der Waals surface area contributed by atoms with Crippen LogP contribution >= 0.6 is 0 Å². The van der Waals surface area contributed by atoms with E-state index >= 15 is 0 Å². The van der Waals surface area contributed by atoms with Crippen LogP contribution in [-0.4, -0.2) is 100 Å². The number of imide groups is 1. The third-order valence-corrected chi connectivity index (χ3v) is 11.6. The highest BCUT2D eigenvalue weighted by molar-refractivity contribution is 7.89. The van der Waals surface area contributed by atoms with Gasteiger partial charge in [-0.3, -0.25) is 24.4 Å². The maximum Gasteiger partial charge on any atom is 0.251 e. The van der Waals surface area contributed by atoms with Crippen LogP contribution in [-0.2, 0) is 29.9 Å². The minimum atomic E-state index is -3.38. The van der Waals surface area contributed by atoms with Crippen LogP contribution in [0.4, 0.5) is 11.6 Å². The maximum absolute atomic E-state index is 12.8. The van der Waals surface area contributed by atoms with E-state index in [0.717, 1.165) is 10.9 Å². The minimum absolute atomic E-state index is 0.0113. The molecule has 0 aliphatic carbocycles. The molecular formula is C38H40N10O7S. The van der Waals surface area contributed by atoms with E-state index < -0.39 is 15.6 Å². The summed E-state index contributed by atoms with van der Waals surface area (Å²) in [6.07, 6.45) is 6.11. The highest BCUT2D eigenvalue weighted by Gasteiger charge is 2.49. The van der Waals surface area contributed by atoms with Gasteiger partial charge in [-0.2, -0.15) is 19.6 Å². The summed E-state index contributed by atoms with van der Waals surface area (Å²) in [5.74, 6) is -0.192. The molecule has 290 valence electrons. The molecule has 0 bridgehead atoms. The van der Waals surface area contributed by atoms with Gasteiger partial charge >= 0.3 is 0 Å². The van der Waals surface area contributed by atoms with Gasteiger partial charge in [-0.1, -0.05) is 12.1 Å². The van der Waals surface area contributed by atoms with E-state index in [0.29, 0.717) is 79.1 Å². The molecule has 2 aliphatic heterocycles. The quantitative estimate of drug-likeness (QED) is 0.0837. The van der Waals surface area contributed by atoms with Gasteiger partial charge in [0.1, 0.15) is 23.5 Å². The molecule has 2 aromatic carbocycles. The molecule has 0 radical (unpaired) electrons. The smallest absolute Gasteiger partial charge is 0.251 e. The fourth-order valence-corrected chi connectivity index (χ4v) is 7.94. The largest absolute Gasteiger partial charge is 0.491 e. The molecule has 2 aliphatic rings. The number of hydrogen-bond donors (Lipinski definition) is 4. The highest BCUT2D eigenvalue weighted by Crippen LogP contribution is 2.36. The normalized spacial score (nSPS) is 16.8. The lowest BCUT2D eigenvalue weighted by molar-refractivity contribution is -0.134. The number of aromatic amines is 1. The number of amides is 3. The summed E-state index contributed by atoms with van der Waals surface area (Å²) in [6.45, 7) is 3.15. The zero-order valence-electron chi connectivity index (χ0n) is 30.5. The standard InChI is InChI=1S/C38H40N10O7S/c1-2-56(52,53)47-23-38(24-47,14-15-39)48-22-27(21-42-48)33-31-13-16-40-34(31)46-37(45-33)43-28-7-3-26(4-8-28)35(50)41-17-18-54-19-20-55-29-9-5-25(6-10-29)30-11-12-32(49)44-36(30)51/h3-10,13,16,21-22,30H,2,11-12,14,17-20,23-24H2,1H3,(H,41,50)(H,44,49,51)(H2,40,43,45,46)/t30-/m1/s1. The van der Waals surface area contributed by atoms with Crippen LogP contribution in [0, 0.1) is 11.3 Å². The Morgan fingerprint density at radius 3 is 2.57 bits per heavy atom. The summed E-state index contributed by atoms with van der Waals surface area (Å²) < 4.78 is 39.2. The second kappa shape index (κ2) is 16.3. The van der Waals surface area contributed by atoms with E-state index in [2.05, 4.69) is 37.1 Å². The van der Waals surface area contributed by atoms with Gasteiger partial charge < -0.3 is 25.1 Å². The Morgan fingerprint density at radius 1 is 1.05 bits per heavy atom. The van der Waals surface area contributed by atoms with Crippen molar-refractivity contribution in [3.05, 3.63) is 84.3 Å². The number of carbonyl (C=O) groups is 3. The molecule has 0 saturated carbocycles. The van der Waals surface area contributed by atoms with Gasteiger partial charge in [0.05, 0.1) is 49.3 Å². The highest BCUT2D eigenvalue weighted by atomic mass is 32.2. The number of sulfonamides is 1. The molecule has 3 aromatic heterocycles. The molecular weight excluding hydrogens is 741 g/mol. The fraction of sp³-hybridized carbons (Fsp3) is 0.342. The Bertz CT molecular complexity index is 2380. The van der Waals surface area contributed by atoms with Crippen LogP contribution in [0.1, 0.15) is 48.0 Å². The minimum Gasteiger partial charge on any atom is -0.491 e. The van der Waals surface area contributed by atoms with Crippen molar-refractivity contribution >= 4 is 50.4 Å². The lowest BCUT2D eigenvalue weighted by atomic mass is 9.89. The first-order valence-corrected chi connectivity index (χ1v) is 19.7. The predicted molar refractivity (Wildman–Crippen MR) is 204 cm³/mol. The van der Waals surface area contributed by atoms with Gasteiger partial charge in [-0.15, -0.1) is 0 Å². The number of piperidine rings is 1. The van der Waals surface area contributed by atoms with Crippen LogP contribution in [0.25, 0.3) is 22.3 Å². The van der Waals surface area contributed by atoms with Crippen LogP contribution in [0.3, 0.4) is 0 Å². The van der Waals surface area contributed by atoms with Gasteiger partial charge in [0.2, 0.25) is 27.8 Å². The first-order chi connectivity index (χ1) is 27.1. The van der Waals surface area contributed by atoms with Crippen LogP contribution in [0.2, 0.25) is 0 Å². The van der Waals surface area contributed by atoms with Crippen molar-refractivity contribution in [1.29, 1.82) is 5.26 Å². The summed E-state index contributed by atoms with van der Waals surface area (Å²) in [6, 6.07) is 18.1. The molecule has 1 atom stereocenters. The monoisotopic (exact) mass is 780 g/mol. The number of fused-ring (bicyclic) bond motifs is 1. The molecule has 3 amide bonds. The molecule has 7 rings (SSSR count). The van der Waals surface area contributed by atoms with Gasteiger partial charge in [-0.05, 0) is 61.4 Å². The number of nitrogens with zero attached hydrogens (tertiary/aromatic N) is 6. The Hall–Kier alpha value is -6.16. The number of carbonyl (C=O) groups excluding carboxylic acids is 3. The molecule has 0 unspecified atom stereocenters. The predicted octanol–water partition coefficient (Wildman–Crippen LogP) is 3.18.